The fourth-order valence-electron chi connectivity index (χ4n) is 2.91. The third-order valence-corrected chi connectivity index (χ3v) is 7.05. The molecular formula is C24H31N2O4S2-. The van der Waals surface area contributed by atoms with E-state index in [2.05, 4.69) is 22.8 Å². The van der Waals surface area contributed by atoms with Crippen LogP contribution in [0.4, 0.5) is 15.3 Å². The SMILES string of the molecule is CC(C)(C)OC(=O)Nc1cccc(CCC(NC(=O)[O-])SSCCCc2ccccc2)c1. The number of anilines is 1. The summed E-state index contributed by atoms with van der Waals surface area (Å²) >= 11 is 0. The van der Waals surface area contributed by atoms with Crippen molar-refractivity contribution in [2.75, 3.05) is 11.1 Å². The first-order chi connectivity index (χ1) is 15.2. The number of benzene rings is 2. The van der Waals surface area contributed by atoms with Gasteiger partial charge in [-0.25, -0.2) is 4.79 Å². The molecule has 6 nitrogen and oxygen atoms in total. The van der Waals surface area contributed by atoms with Gasteiger partial charge < -0.3 is 20.0 Å². The molecule has 2 aromatic carbocycles. The first-order valence-corrected chi connectivity index (χ1v) is 13.0. The van der Waals surface area contributed by atoms with E-state index in [1.165, 1.54) is 16.4 Å². The molecule has 8 heteroatoms. The highest BCUT2D eigenvalue weighted by Crippen LogP contribution is 2.29. The van der Waals surface area contributed by atoms with Crippen molar-refractivity contribution in [2.24, 2.45) is 0 Å². The van der Waals surface area contributed by atoms with Crippen molar-refractivity contribution in [3.05, 3.63) is 65.7 Å². The fourth-order valence-corrected chi connectivity index (χ4v) is 5.36. The van der Waals surface area contributed by atoms with Crippen LogP contribution in [0.25, 0.3) is 0 Å². The topological polar surface area (TPSA) is 90.5 Å². The average molecular weight is 476 g/mol. The highest BCUT2D eigenvalue weighted by Gasteiger charge is 2.16. The molecule has 0 aromatic heterocycles. The third kappa shape index (κ3) is 11.3. The number of ether oxygens (including phenoxy) is 1. The van der Waals surface area contributed by atoms with Crippen molar-refractivity contribution in [2.45, 2.75) is 57.4 Å². The van der Waals surface area contributed by atoms with Gasteiger partial charge in [-0.3, -0.25) is 5.32 Å². The lowest BCUT2D eigenvalue weighted by molar-refractivity contribution is -0.251. The normalized spacial score (nSPS) is 12.1. The molecule has 2 aromatic rings. The smallest absolute Gasteiger partial charge is 0.412 e. The predicted octanol–water partition coefficient (Wildman–Crippen LogP) is 5.24. The van der Waals surface area contributed by atoms with Gasteiger partial charge in [0.1, 0.15) is 11.7 Å². The first-order valence-electron chi connectivity index (χ1n) is 10.6. The van der Waals surface area contributed by atoms with Crippen molar-refractivity contribution in [1.82, 2.24) is 5.32 Å². The van der Waals surface area contributed by atoms with E-state index >= 15 is 0 Å². The van der Waals surface area contributed by atoms with Crippen LogP contribution in [0.3, 0.4) is 0 Å². The Balaban J connectivity index is 1.79. The van der Waals surface area contributed by atoms with E-state index in [4.69, 9.17) is 4.74 Å². The van der Waals surface area contributed by atoms with Gasteiger partial charge >= 0.3 is 6.09 Å². The summed E-state index contributed by atoms with van der Waals surface area (Å²) in [5.41, 5.74) is 2.38. The number of aryl methyl sites for hydroxylation is 2. The number of nitrogens with one attached hydrogen (secondary N) is 2. The molecule has 0 saturated heterocycles. The molecule has 0 radical (unpaired) electrons. The van der Waals surface area contributed by atoms with Gasteiger partial charge in [0.25, 0.3) is 0 Å². The zero-order valence-electron chi connectivity index (χ0n) is 18.8. The predicted molar refractivity (Wildman–Crippen MR) is 132 cm³/mol. The lowest BCUT2D eigenvalue weighted by Gasteiger charge is -2.20. The van der Waals surface area contributed by atoms with E-state index in [0.29, 0.717) is 18.5 Å². The molecule has 0 bridgehead atoms. The van der Waals surface area contributed by atoms with E-state index in [1.807, 2.05) is 57.2 Å². The molecule has 174 valence electrons. The second kappa shape index (κ2) is 13.3. The fraction of sp³-hybridized carbons (Fsp3) is 0.417. The zero-order chi connectivity index (χ0) is 23.4. The van der Waals surface area contributed by atoms with Gasteiger partial charge in [-0.1, -0.05) is 64.1 Å². The summed E-state index contributed by atoms with van der Waals surface area (Å²) in [5.74, 6) is 0.931. The van der Waals surface area contributed by atoms with E-state index in [0.717, 1.165) is 24.2 Å². The second-order valence-electron chi connectivity index (χ2n) is 8.29. The van der Waals surface area contributed by atoms with Crippen LogP contribution < -0.4 is 15.7 Å². The van der Waals surface area contributed by atoms with Crippen LogP contribution in [-0.2, 0) is 17.6 Å². The molecule has 1 atom stereocenters. The van der Waals surface area contributed by atoms with Crippen molar-refractivity contribution in [3.8, 4) is 0 Å². The van der Waals surface area contributed by atoms with Crippen molar-refractivity contribution in [1.29, 1.82) is 0 Å². The van der Waals surface area contributed by atoms with Crippen molar-refractivity contribution in [3.63, 3.8) is 0 Å². The van der Waals surface area contributed by atoms with Crippen LogP contribution in [-0.4, -0.2) is 28.9 Å². The molecular weight excluding hydrogens is 444 g/mol. The molecule has 0 aliphatic rings. The Hall–Kier alpha value is -2.32. The molecule has 0 fully saturated rings. The number of carbonyl (C=O) groups excluding carboxylic acids is 2. The Morgan fingerprint density at radius 3 is 2.44 bits per heavy atom. The van der Waals surface area contributed by atoms with Gasteiger partial charge in [-0.15, -0.1) is 0 Å². The van der Waals surface area contributed by atoms with Crippen LogP contribution in [0, 0.1) is 0 Å². The van der Waals surface area contributed by atoms with Gasteiger partial charge in [0.2, 0.25) is 0 Å². The Morgan fingerprint density at radius 2 is 1.75 bits per heavy atom. The highest BCUT2D eigenvalue weighted by molar-refractivity contribution is 8.76. The maximum absolute atomic E-state index is 12.0. The van der Waals surface area contributed by atoms with E-state index in [9.17, 15) is 14.7 Å². The average Bonchev–Trinajstić information content (AvgIpc) is 2.71. The monoisotopic (exact) mass is 475 g/mol. The van der Waals surface area contributed by atoms with E-state index < -0.39 is 17.8 Å². The minimum Gasteiger partial charge on any atom is -0.530 e. The van der Waals surface area contributed by atoms with Crippen LogP contribution in [0.1, 0.15) is 44.7 Å². The lowest BCUT2D eigenvalue weighted by atomic mass is 10.1. The molecule has 0 aliphatic heterocycles. The molecule has 0 saturated carbocycles. The summed E-state index contributed by atoms with van der Waals surface area (Å²) in [6.07, 6.45) is 1.52. The van der Waals surface area contributed by atoms with Crippen LogP contribution in [0.2, 0.25) is 0 Å². The maximum atomic E-state index is 12.0. The lowest BCUT2D eigenvalue weighted by Crippen LogP contribution is -2.41. The largest absolute Gasteiger partial charge is 0.530 e. The summed E-state index contributed by atoms with van der Waals surface area (Å²) in [6.45, 7) is 5.43. The van der Waals surface area contributed by atoms with Crippen LogP contribution >= 0.6 is 21.6 Å². The summed E-state index contributed by atoms with van der Waals surface area (Å²) < 4.78 is 5.28. The van der Waals surface area contributed by atoms with Gasteiger partial charge in [-0.2, -0.15) is 0 Å². The third-order valence-electron chi connectivity index (χ3n) is 4.27. The quantitative estimate of drug-likeness (QED) is 0.262. The van der Waals surface area contributed by atoms with Crippen molar-refractivity contribution < 1.29 is 19.4 Å². The molecule has 0 spiro atoms. The number of carboxylic acid groups (broad SMARTS) is 1. The molecule has 0 heterocycles. The number of hydrogen-bond donors (Lipinski definition) is 2. The standard InChI is InChI=1S/C24H32N2O4S2/c1-24(2,3)30-23(29)25-20-13-7-11-19(17-20)14-15-21(26-22(27)28)32-31-16-8-12-18-9-5-4-6-10-18/h4-7,9-11,13,17,21,26H,8,12,14-16H2,1-3H3,(H,25,29)(H,27,28)/p-1. The molecule has 2 amide bonds. The van der Waals surface area contributed by atoms with Gasteiger partial charge in [0.05, 0.1) is 5.37 Å². The molecule has 0 aliphatic carbocycles. The Kier molecular flexibility index (Phi) is 10.8. The molecule has 1 unspecified atom stereocenters. The number of carbonyl (C=O) groups is 2. The van der Waals surface area contributed by atoms with Gasteiger partial charge in [0, 0.05) is 11.4 Å². The van der Waals surface area contributed by atoms with Gasteiger partial charge in [0.15, 0.2) is 0 Å². The number of rotatable bonds is 11. The first kappa shape index (κ1) is 25.9. The van der Waals surface area contributed by atoms with Gasteiger partial charge in [-0.05, 0) is 69.7 Å². The van der Waals surface area contributed by atoms with Crippen molar-refractivity contribution >= 4 is 39.5 Å². The summed E-state index contributed by atoms with van der Waals surface area (Å²) in [4.78, 5) is 23.0. The van der Waals surface area contributed by atoms with E-state index in [1.54, 1.807) is 16.9 Å². The summed E-state index contributed by atoms with van der Waals surface area (Å²) in [5, 5.41) is 16.0. The number of amides is 2. The summed E-state index contributed by atoms with van der Waals surface area (Å²) in [7, 11) is 3.18. The highest BCUT2D eigenvalue weighted by atomic mass is 33.1. The maximum Gasteiger partial charge on any atom is 0.412 e. The second-order valence-corrected chi connectivity index (χ2v) is 11.0. The molecule has 2 N–H and O–H groups in total. The minimum atomic E-state index is -1.27. The Bertz CT molecular complexity index is 857. The summed E-state index contributed by atoms with van der Waals surface area (Å²) in [6, 6.07) is 17.8. The molecule has 32 heavy (non-hydrogen) atoms. The number of hydrogen-bond acceptors (Lipinski definition) is 6. The molecule has 2 rings (SSSR count). The Morgan fingerprint density at radius 1 is 1.03 bits per heavy atom. The van der Waals surface area contributed by atoms with E-state index in [-0.39, 0.29) is 5.37 Å². The van der Waals surface area contributed by atoms with Crippen LogP contribution in [0.15, 0.2) is 54.6 Å². The zero-order valence-corrected chi connectivity index (χ0v) is 20.4. The Labute approximate surface area is 198 Å². The minimum absolute atomic E-state index is 0.274. The van der Waals surface area contributed by atoms with Crippen LogP contribution in [0.5, 0.6) is 0 Å².